The van der Waals surface area contributed by atoms with Crippen LogP contribution in [0.15, 0.2) is 176 Å². The van der Waals surface area contributed by atoms with E-state index in [4.69, 9.17) is 9.72 Å². The number of fused-ring (bicyclic) bond motifs is 7. The second-order valence-corrected chi connectivity index (χ2v) is 13.0. The van der Waals surface area contributed by atoms with Crippen LogP contribution in [-0.2, 0) is 21.1 Å². The molecule has 0 radical (unpaired) electrons. The number of phenols is 1. The quantitative estimate of drug-likeness (QED) is 0.138. The minimum absolute atomic E-state index is 0. The molecule has 9 aromatic rings. The molecule has 0 bridgehead atoms. The van der Waals surface area contributed by atoms with E-state index < -0.39 is 0 Å². The number of aromatic hydroxyl groups is 1. The number of nitrogens with zero attached hydrogens (tertiary/aromatic N) is 3. The number of hydrogen-bond donors (Lipinski definition) is 1. The molecule has 0 unspecified atom stereocenters. The number of para-hydroxylation sites is 3. The van der Waals surface area contributed by atoms with Crippen molar-refractivity contribution in [2.24, 2.45) is 0 Å². The third kappa shape index (κ3) is 5.62. The fourth-order valence-corrected chi connectivity index (χ4v) is 7.52. The normalized spacial score (nSPS) is 11.3. The molecule has 2 aromatic heterocycles. The van der Waals surface area contributed by atoms with E-state index >= 15 is 0 Å². The fourth-order valence-electron chi connectivity index (χ4n) is 7.52. The minimum atomic E-state index is 0. The van der Waals surface area contributed by atoms with E-state index in [0.717, 1.165) is 55.8 Å². The summed E-state index contributed by atoms with van der Waals surface area (Å²) in [5, 5.41) is 10.4. The molecule has 258 valence electrons. The minimum Gasteiger partial charge on any atom is -0.507 e. The molecule has 0 atom stereocenters. The van der Waals surface area contributed by atoms with E-state index in [-0.39, 0.29) is 26.8 Å². The first-order valence-corrected chi connectivity index (χ1v) is 17.5. The number of hydrogen-bond acceptors (Lipinski definition) is 3. The third-order valence-electron chi connectivity index (χ3n) is 9.86. The summed E-state index contributed by atoms with van der Waals surface area (Å²) in [6.45, 7) is 0. The molecule has 0 saturated heterocycles. The number of ether oxygens (including phenoxy) is 1. The summed E-state index contributed by atoms with van der Waals surface area (Å²) in [4.78, 5) is 4.70. The zero-order valence-corrected chi connectivity index (χ0v) is 31.0. The zero-order chi connectivity index (χ0) is 35.3. The van der Waals surface area contributed by atoms with Crippen molar-refractivity contribution < 1.29 is 35.5 Å². The van der Waals surface area contributed by atoms with E-state index in [1.54, 1.807) is 18.2 Å². The van der Waals surface area contributed by atoms with Gasteiger partial charge in [0, 0.05) is 17.4 Å². The molecule has 0 amide bonds. The van der Waals surface area contributed by atoms with Crippen LogP contribution in [0, 0.1) is 12.4 Å². The van der Waals surface area contributed by atoms with E-state index in [0.29, 0.717) is 22.9 Å². The molecule has 54 heavy (non-hydrogen) atoms. The largest absolute Gasteiger partial charge is 2.00 e. The molecule has 0 saturated carbocycles. The summed E-state index contributed by atoms with van der Waals surface area (Å²) < 4.78 is 10.6. The summed E-state index contributed by atoms with van der Waals surface area (Å²) in [5.41, 5.74) is 14.2. The molecular formula is C48H30N3O2Pt+. The van der Waals surface area contributed by atoms with Crippen molar-refractivity contribution in [3.05, 3.63) is 188 Å². The van der Waals surface area contributed by atoms with Gasteiger partial charge in [0.1, 0.15) is 5.75 Å². The first-order chi connectivity index (χ1) is 26.2. The molecule has 0 aliphatic carbocycles. The maximum Gasteiger partial charge on any atom is 2.00 e. The summed E-state index contributed by atoms with van der Waals surface area (Å²) in [5.74, 6) is 1.07. The van der Waals surface area contributed by atoms with E-state index in [9.17, 15) is 5.11 Å². The maximum absolute atomic E-state index is 10.4. The molecule has 6 heteroatoms. The topological polar surface area (TPSA) is 51.2 Å². The smallest absolute Gasteiger partial charge is 0.507 e. The number of phenolic OH excluding ortho intramolecular Hbond substituents is 1. The van der Waals surface area contributed by atoms with Crippen LogP contribution in [-0.4, -0.2) is 14.7 Å². The van der Waals surface area contributed by atoms with Crippen molar-refractivity contribution in [1.82, 2.24) is 9.55 Å². The van der Waals surface area contributed by atoms with E-state index in [1.165, 1.54) is 11.1 Å². The number of imidazole rings is 1. The van der Waals surface area contributed by atoms with Gasteiger partial charge in [-0.15, -0.1) is 12.1 Å². The van der Waals surface area contributed by atoms with Crippen molar-refractivity contribution in [3.8, 4) is 84.5 Å². The van der Waals surface area contributed by atoms with Gasteiger partial charge in [-0.2, -0.15) is 12.1 Å². The van der Waals surface area contributed by atoms with Gasteiger partial charge in [0.05, 0.1) is 22.4 Å². The van der Waals surface area contributed by atoms with Gasteiger partial charge in [-0.1, -0.05) is 133 Å². The van der Waals surface area contributed by atoms with Crippen molar-refractivity contribution >= 4 is 11.0 Å². The van der Waals surface area contributed by atoms with E-state index in [1.807, 2.05) is 42.5 Å². The van der Waals surface area contributed by atoms with Crippen LogP contribution >= 0.6 is 0 Å². The Balaban J connectivity index is 0.00000384. The molecule has 1 aliphatic heterocycles. The summed E-state index contributed by atoms with van der Waals surface area (Å²) in [6, 6.07) is 63.0. The average Bonchev–Trinajstić information content (AvgIpc) is 3.62. The predicted molar refractivity (Wildman–Crippen MR) is 209 cm³/mol. The maximum atomic E-state index is 10.4. The van der Waals surface area contributed by atoms with Gasteiger partial charge < -0.3 is 14.4 Å². The van der Waals surface area contributed by atoms with E-state index in [2.05, 4.69) is 137 Å². The van der Waals surface area contributed by atoms with Crippen LogP contribution in [0.5, 0.6) is 17.4 Å². The van der Waals surface area contributed by atoms with Crippen LogP contribution < -0.4 is 9.30 Å². The molecule has 7 aromatic carbocycles. The third-order valence-corrected chi connectivity index (χ3v) is 9.86. The Morgan fingerprint density at radius 3 is 1.85 bits per heavy atom. The Labute approximate surface area is 327 Å². The number of pyridine rings is 1. The SMILES string of the molecule is Oc1ccccc1-c1cccc(Oc2[c-]c(-n3[c-][n+]4c5c(cccc53)-c3ccccc3-c3ccccc3-c3cccc(-c5ccccc5)c3-4)ccc2)n1.[Pt+2]. The van der Waals surface area contributed by atoms with Gasteiger partial charge in [0.25, 0.3) is 6.33 Å². The second-order valence-electron chi connectivity index (χ2n) is 13.0. The zero-order valence-electron chi connectivity index (χ0n) is 28.8. The van der Waals surface area contributed by atoms with Gasteiger partial charge in [-0.25, -0.2) is 4.98 Å². The van der Waals surface area contributed by atoms with Crippen LogP contribution in [0.4, 0.5) is 0 Å². The van der Waals surface area contributed by atoms with Gasteiger partial charge in [0.2, 0.25) is 5.88 Å². The van der Waals surface area contributed by atoms with Gasteiger partial charge in [-0.3, -0.25) is 4.57 Å². The van der Waals surface area contributed by atoms with Crippen molar-refractivity contribution in [1.29, 1.82) is 0 Å². The Morgan fingerprint density at radius 2 is 1.09 bits per heavy atom. The Hall–Kier alpha value is -6.55. The Bertz CT molecular complexity index is 2850. The van der Waals surface area contributed by atoms with Crippen LogP contribution in [0.3, 0.4) is 0 Å². The second kappa shape index (κ2) is 13.8. The van der Waals surface area contributed by atoms with Crippen LogP contribution in [0.25, 0.3) is 78.2 Å². The summed E-state index contributed by atoms with van der Waals surface area (Å²) in [6.07, 6.45) is 3.80. The molecule has 5 nitrogen and oxygen atoms in total. The molecule has 0 spiro atoms. The Kier molecular flexibility index (Phi) is 8.49. The fraction of sp³-hybridized carbons (Fsp3) is 0. The van der Waals surface area contributed by atoms with Crippen molar-refractivity contribution in [2.75, 3.05) is 0 Å². The Morgan fingerprint density at radius 1 is 0.519 bits per heavy atom. The standard InChI is InChI=1S/C48H30N3O2.Pt/c52-45-28-9-8-22-42(45)43-26-13-29-46(49-43)53-34-17-10-16-33(30-34)50-31-51-47-35(32-14-2-1-3-15-32)23-11-24-40(47)38-20-6-4-18-36(38)37-19-5-7-21-39(37)41-25-12-27-44(50)48(41)51;/h1-29,52H;/q-1;+2. The van der Waals surface area contributed by atoms with Crippen molar-refractivity contribution in [3.63, 3.8) is 0 Å². The van der Waals surface area contributed by atoms with Gasteiger partial charge in [-0.05, 0) is 68.4 Å². The van der Waals surface area contributed by atoms with Crippen LogP contribution in [0.1, 0.15) is 0 Å². The first kappa shape index (κ1) is 33.3. The van der Waals surface area contributed by atoms with Gasteiger partial charge in [0.15, 0.2) is 0 Å². The molecule has 0 fully saturated rings. The molecule has 3 heterocycles. The number of rotatable bonds is 5. The van der Waals surface area contributed by atoms with Crippen molar-refractivity contribution in [2.45, 2.75) is 0 Å². The first-order valence-electron chi connectivity index (χ1n) is 17.5. The van der Waals surface area contributed by atoms with Gasteiger partial charge >= 0.3 is 21.1 Å². The monoisotopic (exact) mass is 875 g/mol. The van der Waals surface area contributed by atoms with Crippen LogP contribution in [0.2, 0.25) is 0 Å². The summed E-state index contributed by atoms with van der Waals surface area (Å²) >= 11 is 0. The average molecular weight is 876 g/mol. The molecule has 1 N–H and O–H groups in total. The molecule has 1 aliphatic rings. The summed E-state index contributed by atoms with van der Waals surface area (Å²) in [7, 11) is 0. The molecule has 10 rings (SSSR count). The number of aromatic nitrogens is 3. The molecular weight excluding hydrogens is 846 g/mol. The number of benzene rings is 7. The predicted octanol–water partition coefficient (Wildman–Crippen LogP) is 11.0.